The summed E-state index contributed by atoms with van der Waals surface area (Å²) in [6.45, 7) is 7.66. The monoisotopic (exact) mass is 848 g/mol. The average Bonchev–Trinajstić information content (AvgIpc) is 3.48. The number of hydrogen-bond donors (Lipinski definition) is 3. The topological polar surface area (TPSA) is 168 Å². The number of hydrogen-bond acceptors (Lipinski definition) is 10. The predicted octanol–water partition coefficient (Wildman–Crippen LogP) is 11.1. The van der Waals surface area contributed by atoms with Crippen molar-refractivity contribution >= 4 is 19.8 Å². The Morgan fingerprint density at radius 3 is 1.88 bits per heavy atom. The molecule has 59 heavy (non-hydrogen) atoms. The lowest BCUT2D eigenvalue weighted by molar-refractivity contribution is -0.161. The fourth-order valence-electron chi connectivity index (χ4n) is 6.13. The van der Waals surface area contributed by atoms with E-state index in [1.165, 1.54) is 36.8 Å². The Labute approximate surface area is 356 Å². The first-order valence-corrected chi connectivity index (χ1v) is 23.7. The summed E-state index contributed by atoms with van der Waals surface area (Å²) >= 11 is 0. The molecule has 2 unspecified atom stereocenters. The molecule has 336 valence electrons. The van der Waals surface area contributed by atoms with Crippen LogP contribution in [-0.4, -0.2) is 60.5 Å². The van der Waals surface area contributed by atoms with Gasteiger partial charge in [0.2, 0.25) is 0 Å². The van der Waals surface area contributed by atoms with E-state index in [4.69, 9.17) is 28.7 Å². The van der Waals surface area contributed by atoms with Crippen LogP contribution in [0.4, 0.5) is 0 Å². The van der Waals surface area contributed by atoms with E-state index in [2.05, 4.69) is 64.2 Å². The van der Waals surface area contributed by atoms with Gasteiger partial charge in [0.05, 0.1) is 19.3 Å². The zero-order valence-corrected chi connectivity index (χ0v) is 37.7. The van der Waals surface area contributed by atoms with Crippen LogP contribution in [0.25, 0.3) is 0 Å². The fraction of sp³-hybridized carbons (Fsp3) is 0.660. The minimum absolute atomic E-state index is 0.0180. The Bertz CT molecular complexity index is 1450. The SMILES string of the molecule is CC/C=C\C/C=C\C/C=C\C/C=C\C=C\C(O)CCCC(=O)OC[C@H](COP(=O)(O)OCCN)OC(=O)CCCCCCCCCCc1oc(CCCCC)c(C)c1C. The van der Waals surface area contributed by atoms with Crippen molar-refractivity contribution in [2.75, 3.05) is 26.4 Å². The van der Waals surface area contributed by atoms with Crippen LogP contribution in [0.1, 0.15) is 158 Å². The van der Waals surface area contributed by atoms with Crippen molar-refractivity contribution in [3.05, 3.63) is 83.4 Å². The normalized spacial score (nSPS) is 14.4. The van der Waals surface area contributed by atoms with E-state index in [0.29, 0.717) is 19.3 Å². The standard InChI is InChI=1S/C47H78NO10P/c1-5-7-9-10-11-12-13-14-15-16-19-22-26-30-42(49)31-29-35-46(50)54-38-43(39-56-59(52,53)55-37-36-48)57-47(51)34-28-24-21-18-17-20-23-27-33-45-41(4)40(3)44(58-45)32-25-8-6-2/h7,9,11-12,14-15,19,22,26,30,42-43,49H,5-6,8,10,13,16-18,20-21,23-25,27-29,31-39,48H2,1-4H3,(H,52,53)/b9-7-,12-11-,15-14-,22-19-,30-26+/t42?,43-/m1/s1. The summed E-state index contributed by atoms with van der Waals surface area (Å²) in [6, 6.07) is 0. The van der Waals surface area contributed by atoms with Crippen molar-refractivity contribution in [1.29, 1.82) is 0 Å². The van der Waals surface area contributed by atoms with Crippen molar-refractivity contribution < 1.29 is 47.1 Å². The zero-order valence-electron chi connectivity index (χ0n) is 36.8. The molecule has 3 atom stereocenters. The van der Waals surface area contributed by atoms with Gasteiger partial charge in [0.15, 0.2) is 6.10 Å². The lowest BCUT2D eigenvalue weighted by atomic mass is 10.0. The molecule has 0 spiro atoms. The maximum atomic E-state index is 12.7. The Morgan fingerprint density at radius 1 is 0.712 bits per heavy atom. The van der Waals surface area contributed by atoms with Crippen molar-refractivity contribution in [1.82, 2.24) is 0 Å². The molecule has 0 bridgehead atoms. The molecule has 0 amide bonds. The van der Waals surface area contributed by atoms with Gasteiger partial charge in [-0.1, -0.05) is 126 Å². The minimum atomic E-state index is -4.44. The molecule has 0 aliphatic carbocycles. The van der Waals surface area contributed by atoms with Crippen LogP contribution < -0.4 is 5.73 Å². The molecule has 11 nitrogen and oxygen atoms in total. The number of aliphatic hydroxyl groups excluding tert-OH is 1. The number of phosphoric acid groups is 1. The van der Waals surface area contributed by atoms with Gasteiger partial charge in [-0.05, 0) is 82.8 Å². The Morgan fingerprint density at radius 2 is 1.27 bits per heavy atom. The number of carbonyl (C=O) groups excluding carboxylic acids is 2. The van der Waals surface area contributed by atoms with Crippen molar-refractivity contribution in [2.24, 2.45) is 5.73 Å². The second kappa shape index (κ2) is 35.7. The van der Waals surface area contributed by atoms with Crippen LogP contribution in [-0.2, 0) is 45.5 Å². The molecule has 0 aliphatic heterocycles. The van der Waals surface area contributed by atoms with Crippen LogP contribution >= 0.6 is 7.82 Å². The Balaban J connectivity index is 2.34. The smallest absolute Gasteiger partial charge is 0.466 e. The van der Waals surface area contributed by atoms with E-state index in [9.17, 15) is 24.2 Å². The highest BCUT2D eigenvalue weighted by Crippen LogP contribution is 2.43. The first-order valence-electron chi connectivity index (χ1n) is 22.2. The summed E-state index contributed by atoms with van der Waals surface area (Å²) in [5.41, 5.74) is 7.97. The van der Waals surface area contributed by atoms with Crippen LogP contribution in [0.3, 0.4) is 0 Å². The molecule has 12 heteroatoms. The van der Waals surface area contributed by atoms with Crippen molar-refractivity contribution in [3.8, 4) is 0 Å². The summed E-state index contributed by atoms with van der Waals surface area (Å²) in [6.07, 6.45) is 36.8. The van der Waals surface area contributed by atoms with Gasteiger partial charge in [0, 0.05) is 32.2 Å². The second-order valence-corrected chi connectivity index (χ2v) is 16.4. The van der Waals surface area contributed by atoms with Crippen molar-refractivity contribution in [2.45, 2.75) is 175 Å². The van der Waals surface area contributed by atoms with E-state index >= 15 is 0 Å². The number of phosphoric ester groups is 1. The third-order valence-corrected chi connectivity index (χ3v) is 10.7. The maximum Gasteiger partial charge on any atom is 0.472 e. The van der Waals surface area contributed by atoms with E-state index < -0.39 is 38.6 Å². The van der Waals surface area contributed by atoms with Crippen molar-refractivity contribution in [3.63, 3.8) is 0 Å². The Kier molecular flexibility index (Phi) is 32.6. The molecule has 0 aliphatic rings. The molecule has 1 aromatic heterocycles. The van der Waals surface area contributed by atoms with E-state index in [0.717, 1.165) is 88.6 Å². The van der Waals surface area contributed by atoms with E-state index in [-0.39, 0.29) is 32.6 Å². The van der Waals surface area contributed by atoms with Crippen LogP contribution in [0.5, 0.6) is 0 Å². The number of nitrogens with two attached hydrogens (primary N) is 1. The first-order chi connectivity index (χ1) is 28.5. The number of aliphatic hydroxyl groups is 1. The van der Waals surface area contributed by atoms with Gasteiger partial charge in [0.1, 0.15) is 18.1 Å². The molecule has 1 aromatic rings. The lowest BCUT2D eigenvalue weighted by Gasteiger charge is -2.20. The lowest BCUT2D eigenvalue weighted by Crippen LogP contribution is -2.29. The number of carbonyl (C=O) groups is 2. The molecule has 0 radical (unpaired) electrons. The molecule has 0 fully saturated rings. The summed E-state index contributed by atoms with van der Waals surface area (Å²) in [4.78, 5) is 35.0. The number of aryl methyl sites for hydroxylation is 2. The summed E-state index contributed by atoms with van der Waals surface area (Å²) in [5.74, 6) is 1.25. The largest absolute Gasteiger partial charge is 0.472 e. The highest BCUT2D eigenvalue weighted by molar-refractivity contribution is 7.47. The number of allylic oxidation sites excluding steroid dienone is 9. The van der Waals surface area contributed by atoms with Gasteiger partial charge in [-0.15, -0.1) is 0 Å². The number of esters is 2. The molecule has 0 aromatic carbocycles. The summed E-state index contributed by atoms with van der Waals surface area (Å²) in [5, 5.41) is 10.3. The van der Waals surface area contributed by atoms with Gasteiger partial charge in [-0.2, -0.15) is 0 Å². The van der Waals surface area contributed by atoms with Gasteiger partial charge in [-0.25, -0.2) is 4.57 Å². The quantitative estimate of drug-likeness (QED) is 0.0192. The number of furan rings is 1. The average molecular weight is 848 g/mol. The maximum absolute atomic E-state index is 12.7. The van der Waals surface area contributed by atoms with Gasteiger partial charge in [0.25, 0.3) is 0 Å². The molecule has 1 rings (SSSR count). The van der Waals surface area contributed by atoms with E-state index in [1.807, 2.05) is 12.2 Å². The third kappa shape index (κ3) is 29.8. The number of unbranched alkanes of at least 4 members (excludes halogenated alkanes) is 9. The second-order valence-electron chi connectivity index (χ2n) is 15.0. The molecule has 0 saturated heterocycles. The molecular formula is C47H78NO10P. The predicted molar refractivity (Wildman–Crippen MR) is 238 cm³/mol. The van der Waals surface area contributed by atoms with E-state index in [1.54, 1.807) is 12.2 Å². The molecule has 1 heterocycles. The van der Waals surface area contributed by atoms with Gasteiger partial charge < -0.3 is 29.6 Å². The van der Waals surface area contributed by atoms with Crippen LogP contribution in [0.15, 0.2) is 65.2 Å². The van der Waals surface area contributed by atoms with Gasteiger partial charge >= 0.3 is 19.8 Å². The number of ether oxygens (including phenoxy) is 2. The molecule has 0 saturated carbocycles. The van der Waals surface area contributed by atoms with Gasteiger partial charge in [-0.3, -0.25) is 18.6 Å². The van der Waals surface area contributed by atoms with Crippen LogP contribution in [0, 0.1) is 13.8 Å². The minimum Gasteiger partial charge on any atom is -0.466 e. The highest BCUT2D eigenvalue weighted by Gasteiger charge is 2.26. The summed E-state index contributed by atoms with van der Waals surface area (Å²) in [7, 11) is -4.44. The highest BCUT2D eigenvalue weighted by atomic mass is 31.2. The third-order valence-electron chi connectivity index (χ3n) is 9.73. The number of rotatable bonds is 37. The Hall–Kier alpha value is -3.05. The molecular weight excluding hydrogens is 769 g/mol. The molecule has 4 N–H and O–H groups in total. The zero-order chi connectivity index (χ0) is 43.4. The summed E-state index contributed by atoms with van der Waals surface area (Å²) < 4.78 is 38.9. The fourth-order valence-corrected chi connectivity index (χ4v) is 6.90. The first kappa shape index (κ1) is 54.0. The van der Waals surface area contributed by atoms with Crippen LogP contribution in [0.2, 0.25) is 0 Å².